The van der Waals surface area contributed by atoms with Gasteiger partial charge >= 0.3 is 0 Å². The van der Waals surface area contributed by atoms with Crippen molar-refractivity contribution in [2.24, 2.45) is 41.4 Å². The zero-order chi connectivity index (χ0) is 16.2. The minimum atomic E-state index is 0.898. The third-order valence-corrected chi connectivity index (χ3v) is 8.08. The quantitative estimate of drug-likeness (QED) is 0.445. The van der Waals surface area contributed by atoms with Crippen LogP contribution in [0.2, 0.25) is 0 Å². The molecule has 0 nitrogen and oxygen atoms in total. The highest BCUT2D eigenvalue weighted by Crippen LogP contribution is 2.51. The molecule has 6 atom stereocenters. The van der Waals surface area contributed by atoms with Crippen LogP contribution in [0.15, 0.2) is 0 Å². The van der Waals surface area contributed by atoms with Crippen LogP contribution in [0.4, 0.5) is 0 Å². The van der Waals surface area contributed by atoms with E-state index in [4.69, 9.17) is 0 Å². The molecule has 0 heteroatoms. The van der Waals surface area contributed by atoms with Crippen molar-refractivity contribution in [2.75, 3.05) is 0 Å². The van der Waals surface area contributed by atoms with Gasteiger partial charge in [0.1, 0.15) is 0 Å². The van der Waals surface area contributed by atoms with Gasteiger partial charge in [-0.1, -0.05) is 72.1 Å². The SMILES string of the molecule is CC(C)CCCCC1CCC(C2CCC3CCCCC3C2)C1C. The van der Waals surface area contributed by atoms with E-state index in [2.05, 4.69) is 20.8 Å². The van der Waals surface area contributed by atoms with Crippen LogP contribution < -0.4 is 0 Å². The molecule has 3 fully saturated rings. The number of hydrogen-bond acceptors (Lipinski definition) is 0. The minimum Gasteiger partial charge on any atom is -0.0628 e. The number of fused-ring (bicyclic) bond motifs is 1. The summed E-state index contributed by atoms with van der Waals surface area (Å²) in [6.07, 6.45) is 20.0. The average Bonchev–Trinajstić information content (AvgIpc) is 2.92. The van der Waals surface area contributed by atoms with Crippen molar-refractivity contribution in [3.63, 3.8) is 0 Å². The summed E-state index contributed by atoms with van der Waals surface area (Å²) in [7, 11) is 0. The summed E-state index contributed by atoms with van der Waals surface area (Å²) >= 11 is 0. The lowest BCUT2D eigenvalue weighted by atomic mass is 9.63. The van der Waals surface area contributed by atoms with Crippen molar-refractivity contribution in [2.45, 2.75) is 104 Å². The number of hydrogen-bond donors (Lipinski definition) is 0. The van der Waals surface area contributed by atoms with Gasteiger partial charge in [0.25, 0.3) is 0 Å². The fraction of sp³-hybridized carbons (Fsp3) is 1.00. The van der Waals surface area contributed by atoms with Gasteiger partial charge in [0.05, 0.1) is 0 Å². The van der Waals surface area contributed by atoms with E-state index in [1.165, 1.54) is 38.5 Å². The molecule has 0 aromatic heterocycles. The minimum absolute atomic E-state index is 0.898. The zero-order valence-electron chi connectivity index (χ0n) is 16.2. The molecule has 3 rings (SSSR count). The Morgan fingerprint density at radius 2 is 1.52 bits per heavy atom. The van der Waals surface area contributed by atoms with Crippen LogP contribution >= 0.6 is 0 Å². The third kappa shape index (κ3) is 4.55. The fourth-order valence-electron chi connectivity index (χ4n) is 6.61. The summed E-state index contributed by atoms with van der Waals surface area (Å²) in [5, 5.41) is 0. The van der Waals surface area contributed by atoms with Crippen LogP contribution in [0.5, 0.6) is 0 Å². The van der Waals surface area contributed by atoms with E-state index in [1.54, 1.807) is 44.9 Å². The Morgan fingerprint density at radius 1 is 0.783 bits per heavy atom. The second-order valence-electron chi connectivity index (χ2n) is 9.92. The van der Waals surface area contributed by atoms with Gasteiger partial charge in [-0.25, -0.2) is 0 Å². The monoisotopic (exact) mass is 318 g/mol. The highest BCUT2D eigenvalue weighted by atomic mass is 14.5. The molecule has 0 aromatic rings. The van der Waals surface area contributed by atoms with E-state index >= 15 is 0 Å². The van der Waals surface area contributed by atoms with Crippen LogP contribution in [-0.4, -0.2) is 0 Å². The largest absolute Gasteiger partial charge is 0.0628 e. The molecule has 3 saturated carbocycles. The molecule has 0 radical (unpaired) electrons. The molecule has 0 amide bonds. The van der Waals surface area contributed by atoms with Gasteiger partial charge in [0, 0.05) is 0 Å². The maximum absolute atomic E-state index is 2.62. The molecule has 0 bridgehead atoms. The van der Waals surface area contributed by atoms with Gasteiger partial charge in [-0.15, -0.1) is 0 Å². The van der Waals surface area contributed by atoms with Crippen molar-refractivity contribution in [3.8, 4) is 0 Å². The Kier molecular flexibility index (Phi) is 6.50. The van der Waals surface area contributed by atoms with Crippen LogP contribution in [0.25, 0.3) is 0 Å². The lowest BCUT2D eigenvalue weighted by Crippen LogP contribution is -2.32. The van der Waals surface area contributed by atoms with Crippen molar-refractivity contribution < 1.29 is 0 Å². The molecule has 0 N–H and O–H groups in total. The topological polar surface area (TPSA) is 0 Å². The molecule has 0 spiro atoms. The summed E-state index contributed by atoms with van der Waals surface area (Å²) in [6.45, 7) is 7.36. The maximum atomic E-state index is 2.62. The normalized spacial score (nSPS) is 41.2. The van der Waals surface area contributed by atoms with Crippen LogP contribution in [0, 0.1) is 41.4 Å². The summed E-state index contributed by atoms with van der Waals surface area (Å²) in [4.78, 5) is 0. The van der Waals surface area contributed by atoms with E-state index in [0.29, 0.717) is 0 Å². The Balaban J connectivity index is 1.44. The molecule has 0 aromatic carbocycles. The molecular weight excluding hydrogens is 276 g/mol. The number of unbranched alkanes of at least 4 members (excludes halogenated alkanes) is 1. The van der Waals surface area contributed by atoms with Gasteiger partial charge in [0.15, 0.2) is 0 Å². The van der Waals surface area contributed by atoms with E-state index in [0.717, 1.165) is 41.4 Å². The zero-order valence-corrected chi connectivity index (χ0v) is 16.2. The fourth-order valence-corrected chi connectivity index (χ4v) is 6.61. The molecule has 134 valence electrons. The van der Waals surface area contributed by atoms with E-state index in [9.17, 15) is 0 Å². The van der Waals surface area contributed by atoms with Crippen LogP contribution in [0.3, 0.4) is 0 Å². The van der Waals surface area contributed by atoms with Gasteiger partial charge in [-0.05, 0) is 73.5 Å². The first-order chi connectivity index (χ1) is 11.1. The first-order valence-corrected chi connectivity index (χ1v) is 11.1. The predicted octanol–water partition coefficient (Wildman–Crippen LogP) is 7.47. The second kappa shape index (κ2) is 8.39. The molecule has 0 saturated heterocycles. The standard InChI is InChI=1S/C23H42/c1-17(2)8-4-5-9-19-14-15-23(18(19)3)22-13-12-20-10-6-7-11-21(20)16-22/h17-23H,4-16H2,1-3H3. The first-order valence-electron chi connectivity index (χ1n) is 11.1. The molecule has 6 unspecified atom stereocenters. The highest BCUT2D eigenvalue weighted by Gasteiger charge is 2.41. The molecule has 0 aliphatic heterocycles. The van der Waals surface area contributed by atoms with E-state index in [1.807, 2.05) is 0 Å². The molecule has 0 heterocycles. The predicted molar refractivity (Wildman–Crippen MR) is 101 cm³/mol. The van der Waals surface area contributed by atoms with Gasteiger partial charge in [-0.3, -0.25) is 0 Å². The highest BCUT2D eigenvalue weighted by molar-refractivity contribution is 4.91. The van der Waals surface area contributed by atoms with E-state index < -0.39 is 0 Å². The van der Waals surface area contributed by atoms with Crippen molar-refractivity contribution in [1.82, 2.24) is 0 Å². The lowest BCUT2D eigenvalue weighted by molar-refractivity contribution is 0.0840. The number of rotatable bonds is 6. The first kappa shape index (κ1) is 17.8. The van der Waals surface area contributed by atoms with Crippen molar-refractivity contribution in [1.29, 1.82) is 0 Å². The molecule has 3 aliphatic rings. The molecule has 3 aliphatic carbocycles. The Bertz CT molecular complexity index is 344. The lowest BCUT2D eigenvalue weighted by Gasteiger charge is -2.42. The Morgan fingerprint density at radius 3 is 2.30 bits per heavy atom. The smallest absolute Gasteiger partial charge is 0.0357 e. The maximum Gasteiger partial charge on any atom is -0.0357 e. The van der Waals surface area contributed by atoms with Crippen molar-refractivity contribution >= 4 is 0 Å². The average molecular weight is 319 g/mol. The van der Waals surface area contributed by atoms with E-state index in [-0.39, 0.29) is 0 Å². The Hall–Kier alpha value is 0. The molecule has 23 heavy (non-hydrogen) atoms. The summed E-state index contributed by atoms with van der Waals surface area (Å²) in [6, 6.07) is 0. The summed E-state index contributed by atoms with van der Waals surface area (Å²) in [5.74, 6) is 7.44. The van der Waals surface area contributed by atoms with Crippen LogP contribution in [-0.2, 0) is 0 Å². The molecular formula is C23H42. The van der Waals surface area contributed by atoms with Gasteiger partial charge < -0.3 is 0 Å². The Labute approximate surface area is 146 Å². The van der Waals surface area contributed by atoms with Crippen molar-refractivity contribution in [3.05, 3.63) is 0 Å². The third-order valence-electron chi connectivity index (χ3n) is 8.08. The summed E-state index contributed by atoms with van der Waals surface area (Å²) in [5.41, 5.74) is 0. The van der Waals surface area contributed by atoms with Gasteiger partial charge in [0.2, 0.25) is 0 Å². The summed E-state index contributed by atoms with van der Waals surface area (Å²) < 4.78 is 0. The van der Waals surface area contributed by atoms with Gasteiger partial charge in [-0.2, -0.15) is 0 Å². The second-order valence-corrected chi connectivity index (χ2v) is 9.92. The van der Waals surface area contributed by atoms with Crippen LogP contribution in [0.1, 0.15) is 104 Å².